The molecule has 0 aliphatic carbocycles. The van der Waals surface area contributed by atoms with Crippen molar-refractivity contribution in [3.63, 3.8) is 0 Å². The first kappa shape index (κ1) is 18.8. The van der Waals surface area contributed by atoms with E-state index >= 15 is 0 Å². The van der Waals surface area contributed by atoms with Crippen LogP contribution in [0.3, 0.4) is 0 Å². The second-order valence-electron chi connectivity index (χ2n) is 5.19. The van der Waals surface area contributed by atoms with Gasteiger partial charge in [0.15, 0.2) is 23.1 Å². The molecule has 2 rings (SSSR count). The zero-order chi connectivity index (χ0) is 18.4. The van der Waals surface area contributed by atoms with Crippen LogP contribution >= 0.6 is 0 Å². The normalized spacial score (nSPS) is 10.6. The van der Waals surface area contributed by atoms with Gasteiger partial charge in [-0.15, -0.1) is 6.58 Å². The van der Waals surface area contributed by atoms with Gasteiger partial charge in [-0.2, -0.15) is 8.78 Å². The number of ether oxygens (including phenoxy) is 2. The monoisotopic (exact) mass is 354 g/mol. The van der Waals surface area contributed by atoms with E-state index in [0.717, 1.165) is 12.1 Å². The number of benzene rings is 2. The van der Waals surface area contributed by atoms with Crippen LogP contribution in [0, 0.1) is 23.3 Å². The Labute approximate surface area is 143 Å². The first-order valence-electron chi connectivity index (χ1n) is 7.84. The number of halogens is 4. The summed E-state index contributed by atoms with van der Waals surface area (Å²) >= 11 is 0. The van der Waals surface area contributed by atoms with Gasteiger partial charge < -0.3 is 9.47 Å². The Kier molecular flexibility index (Phi) is 6.44. The van der Waals surface area contributed by atoms with Crippen LogP contribution in [0.15, 0.2) is 36.9 Å². The van der Waals surface area contributed by atoms with Crippen molar-refractivity contribution in [3.8, 4) is 22.6 Å². The molecular weight excluding hydrogens is 336 g/mol. The van der Waals surface area contributed by atoms with Crippen LogP contribution < -0.4 is 9.47 Å². The van der Waals surface area contributed by atoms with Crippen LogP contribution in [-0.4, -0.2) is 13.2 Å². The summed E-state index contributed by atoms with van der Waals surface area (Å²) < 4.78 is 66.6. The van der Waals surface area contributed by atoms with Gasteiger partial charge in [0.2, 0.25) is 11.6 Å². The second kappa shape index (κ2) is 8.55. The van der Waals surface area contributed by atoms with Crippen molar-refractivity contribution in [3.05, 3.63) is 60.2 Å². The number of allylic oxidation sites excluding steroid dienone is 1. The average molecular weight is 354 g/mol. The Balaban J connectivity index is 2.33. The molecule has 2 aromatic carbocycles. The maximum Gasteiger partial charge on any atom is 0.201 e. The van der Waals surface area contributed by atoms with Gasteiger partial charge in [-0.1, -0.05) is 6.08 Å². The minimum Gasteiger partial charge on any atom is -0.491 e. The molecular formula is C19H18F4O2. The number of hydrogen-bond acceptors (Lipinski definition) is 2. The smallest absolute Gasteiger partial charge is 0.201 e. The van der Waals surface area contributed by atoms with Crippen LogP contribution in [0.5, 0.6) is 11.5 Å². The van der Waals surface area contributed by atoms with Crippen LogP contribution in [0.1, 0.15) is 19.8 Å². The molecule has 2 aromatic rings. The number of unbranched alkanes of at least 4 members (excludes halogenated alkanes) is 1. The van der Waals surface area contributed by atoms with Crippen molar-refractivity contribution in [2.75, 3.05) is 13.2 Å². The van der Waals surface area contributed by atoms with E-state index < -0.39 is 34.4 Å². The van der Waals surface area contributed by atoms with Gasteiger partial charge in [-0.25, -0.2) is 8.78 Å². The van der Waals surface area contributed by atoms with Crippen molar-refractivity contribution in [2.24, 2.45) is 0 Å². The summed E-state index contributed by atoms with van der Waals surface area (Å²) in [6, 6.07) is 4.66. The molecule has 0 saturated carbocycles. The van der Waals surface area contributed by atoms with E-state index in [0.29, 0.717) is 12.8 Å². The van der Waals surface area contributed by atoms with Crippen molar-refractivity contribution in [1.82, 2.24) is 0 Å². The molecule has 25 heavy (non-hydrogen) atoms. The molecule has 0 atom stereocenters. The highest BCUT2D eigenvalue weighted by Crippen LogP contribution is 2.34. The fraction of sp³-hybridized carbons (Fsp3) is 0.263. The Morgan fingerprint density at radius 1 is 0.840 bits per heavy atom. The highest BCUT2D eigenvalue weighted by Gasteiger charge is 2.21. The molecule has 6 heteroatoms. The molecule has 0 radical (unpaired) electrons. The Bertz CT molecular complexity index is 760. The summed E-state index contributed by atoms with van der Waals surface area (Å²) in [4.78, 5) is 0. The highest BCUT2D eigenvalue weighted by atomic mass is 19.2. The molecule has 0 aromatic heterocycles. The number of hydrogen-bond donors (Lipinski definition) is 0. The van der Waals surface area contributed by atoms with E-state index in [4.69, 9.17) is 9.47 Å². The first-order chi connectivity index (χ1) is 12.0. The summed E-state index contributed by atoms with van der Waals surface area (Å²) in [7, 11) is 0. The molecule has 134 valence electrons. The van der Waals surface area contributed by atoms with E-state index in [2.05, 4.69) is 6.58 Å². The van der Waals surface area contributed by atoms with Crippen LogP contribution in [0.4, 0.5) is 17.6 Å². The fourth-order valence-electron chi connectivity index (χ4n) is 2.27. The molecule has 0 fully saturated rings. The lowest BCUT2D eigenvalue weighted by atomic mass is 10.0. The van der Waals surface area contributed by atoms with Crippen LogP contribution in [0.2, 0.25) is 0 Å². The quantitative estimate of drug-likeness (QED) is 0.346. The Morgan fingerprint density at radius 3 is 1.84 bits per heavy atom. The molecule has 0 aliphatic rings. The summed E-state index contributed by atoms with van der Waals surface area (Å²) in [5.41, 5.74) is -0.786. The summed E-state index contributed by atoms with van der Waals surface area (Å²) in [6.45, 7) is 5.51. The molecule has 0 N–H and O–H groups in total. The predicted molar refractivity (Wildman–Crippen MR) is 87.8 cm³/mol. The third-order valence-electron chi connectivity index (χ3n) is 3.49. The largest absolute Gasteiger partial charge is 0.491 e. The van der Waals surface area contributed by atoms with Crippen molar-refractivity contribution >= 4 is 0 Å². The van der Waals surface area contributed by atoms with E-state index in [1.807, 2.05) is 0 Å². The summed E-state index contributed by atoms with van der Waals surface area (Å²) in [5, 5.41) is 0. The van der Waals surface area contributed by atoms with E-state index in [-0.39, 0.29) is 24.7 Å². The van der Waals surface area contributed by atoms with Crippen molar-refractivity contribution < 1.29 is 27.0 Å². The van der Waals surface area contributed by atoms with Gasteiger partial charge in [0.05, 0.1) is 13.2 Å². The lowest BCUT2D eigenvalue weighted by Gasteiger charge is -2.12. The zero-order valence-electron chi connectivity index (χ0n) is 13.8. The standard InChI is InChI=1S/C19H18F4O2/c1-3-5-6-11-25-15-10-8-13(17(21)19(15)23)12-7-9-14(24-4-2)18(22)16(12)20/h3,7-10H,1,4-6,11H2,2H3. The molecule has 0 unspecified atom stereocenters. The van der Waals surface area contributed by atoms with Crippen LogP contribution in [-0.2, 0) is 0 Å². The highest BCUT2D eigenvalue weighted by molar-refractivity contribution is 5.67. The molecule has 2 nitrogen and oxygen atoms in total. The van der Waals surface area contributed by atoms with Gasteiger partial charge >= 0.3 is 0 Å². The van der Waals surface area contributed by atoms with Crippen LogP contribution in [0.25, 0.3) is 11.1 Å². The third-order valence-corrected chi connectivity index (χ3v) is 3.49. The summed E-state index contributed by atoms with van der Waals surface area (Å²) in [6.07, 6.45) is 2.97. The van der Waals surface area contributed by atoms with Gasteiger partial charge in [0, 0.05) is 11.1 Å². The molecule has 0 spiro atoms. The fourth-order valence-corrected chi connectivity index (χ4v) is 2.27. The Hall–Kier alpha value is -2.50. The average Bonchev–Trinajstić information content (AvgIpc) is 2.60. The van der Waals surface area contributed by atoms with E-state index in [1.165, 1.54) is 12.1 Å². The minimum absolute atomic E-state index is 0.149. The lowest BCUT2D eigenvalue weighted by Crippen LogP contribution is -2.03. The second-order valence-corrected chi connectivity index (χ2v) is 5.19. The first-order valence-corrected chi connectivity index (χ1v) is 7.84. The lowest BCUT2D eigenvalue weighted by molar-refractivity contribution is 0.291. The SMILES string of the molecule is C=CCCCOc1ccc(-c2ccc(OCC)c(F)c2F)c(F)c1F. The van der Waals surface area contributed by atoms with Crippen molar-refractivity contribution in [1.29, 1.82) is 0 Å². The topological polar surface area (TPSA) is 18.5 Å². The minimum atomic E-state index is -1.30. The number of rotatable bonds is 8. The molecule has 0 bridgehead atoms. The van der Waals surface area contributed by atoms with Gasteiger partial charge in [-0.05, 0) is 44.0 Å². The molecule has 0 heterocycles. The van der Waals surface area contributed by atoms with E-state index in [1.54, 1.807) is 13.0 Å². The van der Waals surface area contributed by atoms with Gasteiger partial charge in [0.1, 0.15) is 0 Å². The third kappa shape index (κ3) is 4.13. The van der Waals surface area contributed by atoms with Crippen molar-refractivity contribution in [2.45, 2.75) is 19.8 Å². The zero-order valence-corrected chi connectivity index (χ0v) is 13.8. The maximum atomic E-state index is 14.3. The summed E-state index contributed by atoms with van der Waals surface area (Å²) in [5.74, 6) is -5.66. The molecule has 0 aliphatic heterocycles. The van der Waals surface area contributed by atoms with Gasteiger partial charge in [-0.3, -0.25) is 0 Å². The van der Waals surface area contributed by atoms with Gasteiger partial charge in [0.25, 0.3) is 0 Å². The Morgan fingerprint density at radius 2 is 1.36 bits per heavy atom. The molecule has 0 saturated heterocycles. The predicted octanol–water partition coefficient (Wildman–Crippen LogP) is 5.65. The van der Waals surface area contributed by atoms with E-state index in [9.17, 15) is 17.6 Å². The maximum absolute atomic E-state index is 14.3. The molecule has 0 amide bonds.